The summed E-state index contributed by atoms with van der Waals surface area (Å²) in [5, 5.41) is 13.0. The molecular weight excluding hydrogens is 468 g/mol. The summed E-state index contributed by atoms with van der Waals surface area (Å²) in [6, 6.07) is 7.38. The van der Waals surface area contributed by atoms with Gasteiger partial charge in [0.2, 0.25) is 5.91 Å². The Bertz CT molecular complexity index is 1160. The molecule has 1 amide bonds. The van der Waals surface area contributed by atoms with Gasteiger partial charge in [-0.15, -0.1) is 28.1 Å². The number of hydrogen-bond acceptors (Lipinski definition) is 7. The molecule has 2 aromatic heterocycles. The summed E-state index contributed by atoms with van der Waals surface area (Å²) < 4.78 is 6.77. The molecule has 0 saturated heterocycles. The van der Waals surface area contributed by atoms with Crippen LogP contribution in [0, 0.1) is 6.92 Å². The first-order valence-electron chi connectivity index (χ1n) is 9.83. The maximum atomic E-state index is 12.7. The Morgan fingerprint density at radius 1 is 1.34 bits per heavy atom. The highest BCUT2D eigenvalue weighted by atomic mass is 35.5. The van der Waals surface area contributed by atoms with Gasteiger partial charge in [0.05, 0.1) is 23.4 Å². The lowest BCUT2D eigenvalue weighted by Crippen LogP contribution is -2.16. The van der Waals surface area contributed by atoms with E-state index in [2.05, 4.69) is 22.1 Å². The third kappa shape index (κ3) is 5.06. The third-order valence-electron chi connectivity index (χ3n) is 4.68. The Morgan fingerprint density at radius 2 is 2.09 bits per heavy atom. The first-order chi connectivity index (χ1) is 15.4. The zero-order valence-electron chi connectivity index (χ0n) is 18.0. The number of allylic oxidation sites excluding steroid dienone is 1. The number of thiophene rings is 1. The van der Waals surface area contributed by atoms with E-state index < -0.39 is 5.97 Å². The summed E-state index contributed by atoms with van der Waals surface area (Å²) in [6.07, 6.45) is 2.41. The summed E-state index contributed by atoms with van der Waals surface area (Å²) in [4.78, 5) is 25.9. The SMILES string of the molecule is C=CCn1c(SCC(=O)Nc2sc(C)c(CC)c2C(=O)OC)nnc1-c1ccccc1Cl. The van der Waals surface area contributed by atoms with Crippen LogP contribution in [-0.4, -0.2) is 39.5 Å². The number of aryl methyl sites for hydroxylation is 1. The molecule has 0 aliphatic heterocycles. The number of methoxy groups -OCH3 is 1. The molecule has 0 saturated carbocycles. The van der Waals surface area contributed by atoms with Gasteiger partial charge in [0.1, 0.15) is 5.00 Å². The van der Waals surface area contributed by atoms with Gasteiger partial charge < -0.3 is 10.1 Å². The minimum atomic E-state index is -0.454. The van der Waals surface area contributed by atoms with Gasteiger partial charge in [-0.3, -0.25) is 9.36 Å². The topological polar surface area (TPSA) is 86.1 Å². The average molecular weight is 491 g/mol. The molecule has 0 atom stereocenters. The van der Waals surface area contributed by atoms with Crippen LogP contribution in [0.2, 0.25) is 5.02 Å². The van der Waals surface area contributed by atoms with Crippen molar-refractivity contribution < 1.29 is 14.3 Å². The Labute approximate surface area is 199 Å². The van der Waals surface area contributed by atoms with E-state index in [9.17, 15) is 9.59 Å². The molecule has 0 bridgehead atoms. The largest absolute Gasteiger partial charge is 0.465 e. The molecule has 2 heterocycles. The van der Waals surface area contributed by atoms with Crippen molar-refractivity contribution in [1.82, 2.24) is 14.8 Å². The number of esters is 1. The first kappa shape index (κ1) is 24.0. The van der Waals surface area contributed by atoms with E-state index in [0.29, 0.717) is 39.5 Å². The molecule has 0 aliphatic rings. The normalized spacial score (nSPS) is 10.8. The van der Waals surface area contributed by atoms with Crippen molar-refractivity contribution in [1.29, 1.82) is 0 Å². The van der Waals surface area contributed by atoms with Crippen molar-refractivity contribution in [2.24, 2.45) is 0 Å². The Hall–Kier alpha value is -2.62. The summed E-state index contributed by atoms with van der Waals surface area (Å²) in [5.41, 5.74) is 2.07. The number of anilines is 1. The number of halogens is 1. The molecule has 10 heteroatoms. The number of nitrogens with zero attached hydrogens (tertiary/aromatic N) is 3. The van der Waals surface area contributed by atoms with Crippen LogP contribution in [0.25, 0.3) is 11.4 Å². The number of thioether (sulfide) groups is 1. The van der Waals surface area contributed by atoms with Crippen LogP contribution in [0.1, 0.15) is 27.7 Å². The van der Waals surface area contributed by atoms with Gasteiger partial charge >= 0.3 is 5.97 Å². The van der Waals surface area contributed by atoms with Crippen molar-refractivity contribution in [2.75, 3.05) is 18.2 Å². The molecule has 0 aliphatic carbocycles. The minimum Gasteiger partial charge on any atom is -0.465 e. The highest BCUT2D eigenvalue weighted by Gasteiger charge is 2.23. The van der Waals surface area contributed by atoms with Crippen LogP contribution >= 0.6 is 34.7 Å². The molecule has 7 nitrogen and oxygen atoms in total. The fourth-order valence-electron chi connectivity index (χ4n) is 3.23. The number of aromatic nitrogens is 3. The maximum Gasteiger partial charge on any atom is 0.341 e. The molecule has 0 spiro atoms. The zero-order chi connectivity index (χ0) is 23.3. The van der Waals surface area contributed by atoms with Gasteiger partial charge in [0, 0.05) is 17.0 Å². The van der Waals surface area contributed by atoms with E-state index in [1.54, 1.807) is 12.1 Å². The Morgan fingerprint density at radius 3 is 2.75 bits per heavy atom. The number of benzene rings is 1. The molecule has 168 valence electrons. The zero-order valence-corrected chi connectivity index (χ0v) is 20.4. The molecule has 32 heavy (non-hydrogen) atoms. The van der Waals surface area contributed by atoms with Crippen molar-refractivity contribution in [3.8, 4) is 11.4 Å². The van der Waals surface area contributed by atoms with Crippen LogP contribution in [0.4, 0.5) is 5.00 Å². The molecule has 1 aromatic carbocycles. The summed E-state index contributed by atoms with van der Waals surface area (Å²) in [7, 11) is 1.33. The molecular formula is C22H23ClN4O3S2. The predicted octanol–water partition coefficient (Wildman–Crippen LogP) is 5.23. The molecule has 3 aromatic rings. The highest BCUT2D eigenvalue weighted by molar-refractivity contribution is 7.99. The molecule has 0 radical (unpaired) electrons. The van der Waals surface area contributed by atoms with Gasteiger partial charge in [-0.2, -0.15) is 0 Å². The van der Waals surface area contributed by atoms with Gasteiger partial charge in [0.25, 0.3) is 0 Å². The van der Waals surface area contributed by atoms with Crippen molar-refractivity contribution >= 4 is 51.6 Å². The van der Waals surface area contributed by atoms with Crippen molar-refractivity contribution in [3.63, 3.8) is 0 Å². The standard InChI is InChI=1S/C22H23ClN4O3S2/c1-5-11-27-19(15-9-7-8-10-16(15)23)25-26-22(27)31-12-17(28)24-20-18(21(29)30-4)14(6-2)13(3)32-20/h5,7-10H,1,6,11-12H2,2-4H3,(H,24,28). The van der Waals surface area contributed by atoms with E-state index in [4.69, 9.17) is 16.3 Å². The third-order valence-corrected chi connectivity index (χ3v) is 7.04. The lowest BCUT2D eigenvalue weighted by Gasteiger charge is -2.09. The quantitative estimate of drug-likeness (QED) is 0.251. The predicted molar refractivity (Wildman–Crippen MR) is 130 cm³/mol. The van der Waals surface area contributed by atoms with Gasteiger partial charge in [-0.05, 0) is 31.0 Å². The number of carbonyl (C=O) groups excluding carboxylic acids is 2. The van der Waals surface area contributed by atoms with Crippen molar-refractivity contribution in [2.45, 2.75) is 32.0 Å². The summed E-state index contributed by atoms with van der Waals surface area (Å²) in [5.74, 6) is -0.00907. The summed E-state index contributed by atoms with van der Waals surface area (Å²) in [6.45, 7) is 8.15. The van der Waals surface area contributed by atoms with E-state index in [0.717, 1.165) is 16.0 Å². The number of carbonyl (C=O) groups is 2. The van der Waals surface area contributed by atoms with Crippen LogP contribution in [-0.2, 0) is 22.5 Å². The molecule has 1 N–H and O–H groups in total. The van der Waals surface area contributed by atoms with Gasteiger partial charge in [-0.1, -0.05) is 48.5 Å². The highest BCUT2D eigenvalue weighted by Crippen LogP contribution is 2.34. The fraction of sp³-hybridized carbons (Fsp3) is 0.273. The van der Waals surface area contributed by atoms with Crippen LogP contribution in [0.15, 0.2) is 42.1 Å². The molecule has 3 rings (SSSR count). The smallest absolute Gasteiger partial charge is 0.341 e. The van der Waals surface area contributed by atoms with Crippen LogP contribution in [0.3, 0.4) is 0 Å². The lowest BCUT2D eigenvalue weighted by atomic mass is 10.1. The number of amides is 1. The number of rotatable bonds is 9. The maximum absolute atomic E-state index is 12.7. The second-order valence-corrected chi connectivity index (χ2v) is 9.28. The van der Waals surface area contributed by atoms with E-state index >= 15 is 0 Å². The first-order valence-corrected chi connectivity index (χ1v) is 12.0. The van der Waals surface area contributed by atoms with Crippen LogP contribution < -0.4 is 5.32 Å². The number of hydrogen-bond donors (Lipinski definition) is 1. The lowest BCUT2D eigenvalue weighted by molar-refractivity contribution is -0.113. The number of nitrogens with one attached hydrogen (secondary N) is 1. The Kier molecular flexibility index (Phi) is 8.11. The molecule has 0 fully saturated rings. The Balaban J connectivity index is 1.78. The second-order valence-electron chi connectivity index (χ2n) is 6.71. The average Bonchev–Trinajstić information content (AvgIpc) is 3.32. The van der Waals surface area contributed by atoms with Crippen LogP contribution in [0.5, 0.6) is 0 Å². The second kappa shape index (κ2) is 10.8. The van der Waals surface area contributed by atoms with E-state index in [1.165, 1.54) is 30.2 Å². The van der Waals surface area contributed by atoms with Gasteiger partial charge in [-0.25, -0.2) is 4.79 Å². The summed E-state index contributed by atoms with van der Waals surface area (Å²) >= 11 is 8.94. The minimum absolute atomic E-state index is 0.0941. The monoisotopic (exact) mass is 490 g/mol. The number of ether oxygens (including phenoxy) is 1. The van der Waals surface area contributed by atoms with E-state index in [1.807, 2.05) is 36.6 Å². The van der Waals surface area contributed by atoms with Gasteiger partial charge in [0.15, 0.2) is 11.0 Å². The fourth-order valence-corrected chi connectivity index (χ4v) is 5.35. The van der Waals surface area contributed by atoms with E-state index in [-0.39, 0.29) is 11.7 Å². The molecule has 0 unspecified atom stereocenters. The van der Waals surface area contributed by atoms with Crippen molar-refractivity contribution in [3.05, 3.63) is 57.9 Å².